The van der Waals surface area contributed by atoms with Crippen molar-refractivity contribution in [3.05, 3.63) is 42.0 Å². The minimum Gasteiger partial charge on any atom is -0.359 e. The van der Waals surface area contributed by atoms with Crippen molar-refractivity contribution in [2.75, 3.05) is 32.7 Å². The average molecular weight is 380 g/mol. The highest BCUT2D eigenvalue weighted by Crippen LogP contribution is 2.26. The predicted octanol–water partition coefficient (Wildman–Crippen LogP) is 1.93. The van der Waals surface area contributed by atoms with Gasteiger partial charge in [-0.2, -0.15) is 4.31 Å². The van der Waals surface area contributed by atoms with E-state index in [0.717, 1.165) is 19.3 Å². The zero-order valence-corrected chi connectivity index (χ0v) is 16.0. The molecule has 1 aromatic rings. The van der Waals surface area contributed by atoms with Gasteiger partial charge in [0.2, 0.25) is 10.0 Å². The monoisotopic (exact) mass is 379 g/mol. The summed E-state index contributed by atoms with van der Waals surface area (Å²) in [6.45, 7) is 6.39. The van der Waals surface area contributed by atoms with Crippen molar-refractivity contribution >= 4 is 27.4 Å². The molecule has 136 valence electrons. The van der Waals surface area contributed by atoms with Gasteiger partial charge in [-0.05, 0) is 61.2 Å². The van der Waals surface area contributed by atoms with Crippen LogP contribution < -0.4 is 5.32 Å². The van der Waals surface area contributed by atoms with E-state index in [0.29, 0.717) is 42.7 Å². The summed E-state index contributed by atoms with van der Waals surface area (Å²) in [4.78, 5) is 2.44. The van der Waals surface area contributed by atoms with E-state index in [1.807, 2.05) is 17.0 Å². The second-order valence-corrected chi connectivity index (χ2v) is 8.83. The van der Waals surface area contributed by atoms with Crippen LogP contribution in [0.4, 0.5) is 0 Å². The Morgan fingerprint density at radius 2 is 1.84 bits per heavy atom. The largest absolute Gasteiger partial charge is 0.359 e. The number of thiocarbonyl (C=S) groups is 1. The van der Waals surface area contributed by atoms with Gasteiger partial charge >= 0.3 is 0 Å². The predicted molar refractivity (Wildman–Crippen MR) is 104 cm³/mol. The summed E-state index contributed by atoms with van der Waals surface area (Å²) in [5, 5.41) is 3.75. The van der Waals surface area contributed by atoms with Crippen molar-refractivity contribution in [2.45, 2.75) is 30.6 Å². The average Bonchev–Trinajstić information content (AvgIpc) is 2.65. The first-order valence-electron chi connectivity index (χ1n) is 8.78. The van der Waals surface area contributed by atoms with Gasteiger partial charge in [0.1, 0.15) is 0 Å². The van der Waals surface area contributed by atoms with Gasteiger partial charge in [-0.15, -0.1) is 6.58 Å². The minimum absolute atomic E-state index is 0.425. The molecule has 1 aliphatic heterocycles. The number of benzene rings is 1. The Balaban J connectivity index is 1.68. The van der Waals surface area contributed by atoms with E-state index in [4.69, 9.17) is 12.2 Å². The highest BCUT2D eigenvalue weighted by Gasteiger charge is 2.29. The highest BCUT2D eigenvalue weighted by molar-refractivity contribution is 7.89. The molecule has 3 rings (SSSR count). The normalized spacial score (nSPS) is 18.5. The number of fused-ring (bicyclic) bond motifs is 1. The maximum Gasteiger partial charge on any atom is 0.243 e. The fraction of sp³-hybridized carbons (Fsp3) is 0.500. The molecule has 0 radical (unpaired) electrons. The smallest absolute Gasteiger partial charge is 0.243 e. The van der Waals surface area contributed by atoms with Gasteiger partial charge < -0.3 is 10.2 Å². The number of rotatable bonds is 4. The molecule has 1 aromatic carbocycles. The molecule has 5 nitrogen and oxygen atoms in total. The number of piperazine rings is 1. The molecule has 25 heavy (non-hydrogen) atoms. The van der Waals surface area contributed by atoms with Crippen molar-refractivity contribution < 1.29 is 8.42 Å². The van der Waals surface area contributed by atoms with Crippen molar-refractivity contribution in [1.29, 1.82) is 0 Å². The van der Waals surface area contributed by atoms with Gasteiger partial charge in [0.25, 0.3) is 0 Å². The Bertz CT molecular complexity index is 754. The van der Waals surface area contributed by atoms with E-state index in [9.17, 15) is 8.42 Å². The van der Waals surface area contributed by atoms with Gasteiger partial charge in [-0.25, -0.2) is 8.42 Å². The Kier molecular flexibility index (Phi) is 5.76. The first-order valence-corrected chi connectivity index (χ1v) is 10.6. The number of aryl methyl sites for hydroxylation is 2. The van der Waals surface area contributed by atoms with Crippen LogP contribution in [-0.4, -0.2) is 55.5 Å². The Labute approximate surface area is 155 Å². The molecule has 0 spiro atoms. The van der Waals surface area contributed by atoms with Gasteiger partial charge in [0.15, 0.2) is 5.11 Å². The van der Waals surface area contributed by atoms with Crippen LogP contribution >= 0.6 is 12.2 Å². The molecule has 1 fully saturated rings. The van der Waals surface area contributed by atoms with Gasteiger partial charge in [0, 0.05) is 32.7 Å². The lowest BCUT2D eigenvalue weighted by Crippen LogP contribution is -2.53. The maximum absolute atomic E-state index is 13.0. The van der Waals surface area contributed by atoms with Crippen molar-refractivity contribution in [2.24, 2.45) is 0 Å². The topological polar surface area (TPSA) is 52.6 Å². The molecule has 1 heterocycles. The van der Waals surface area contributed by atoms with E-state index >= 15 is 0 Å². The summed E-state index contributed by atoms with van der Waals surface area (Å²) >= 11 is 5.33. The lowest BCUT2D eigenvalue weighted by molar-refractivity contribution is 0.264. The second kappa shape index (κ2) is 7.85. The number of hydrogen-bond acceptors (Lipinski definition) is 3. The Hall–Kier alpha value is -1.44. The van der Waals surface area contributed by atoms with E-state index in [1.165, 1.54) is 17.5 Å². The zero-order valence-electron chi connectivity index (χ0n) is 14.4. The Morgan fingerprint density at radius 1 is 1.16 bits per heavy atom. The molecular formula is C18H25N3O2S2. The molecule has 2 aliphatic rings. The quantitative estimate of drug-likeness (QED) is 0.640. The van der Waals surface area contributed by atoms with Crippen LogP contribution in [0.3, 0.4) is 0 Å². The molecule has 1 N–H and O–H groups in total. The van der Waals surface area contributed by atoms with Crippen molar-refractivity contribution in [1.82, 2.24) is 14.5 Å². The minimum atomic E-state index is -3.43. The molecule has 1 aliphatic carbocycles. The van der Waals surface area contributed by atoms with Gasteiger partial charge in [0.05, 0.1) is 4.90 Å². The lowest BCUT2D eigenvalue weighted by Gasteiger charge is -2.35. The number of hydrogen-bond donors (Lipinski definition) is 1. The van der Waals surface area contributed by atoms with Crippen LogP contribution in [0.5, 0.6) is 0 Å². The first kappa shape index (κ1) is 18.4. The molecule has 0 aromatic heterocycles. The summed E-state index contributed by atoms with van der Waals surface area (Å²) in [5.74, 6) is 0. The third-order valence-corrected chi connectivity index (χ3v) is 7.18. The third kappa shape index (κ3) is 4.04. The molecule has 0 bridgehead atoms. The number of nitrogens with one attached hydrogen (secondary N) is 1. The van der Waals surface area contributed by atoms with Crippen LogP contribution in [0.2, 0.25) is 0 Å². The van der Waals surface area contributed by atoms with Gasteiger partial charge in [-0.3, -0.25) is 0 Å². The zero-order chi connectivity index (χ0) is 17.9. The SMILES string of the molecule is C=CCNC(=S)N1CCN(S(=O)(=O)c2ccc3c(c2)CCCC3)CC1. The Morgan fingerprint density at radius 3 is 2.52 bits per heavy atom. The molecule has 0 amide bonds. The van der Waals surface area contributed by atoms with Crippen LogP contribution in [0.25, 0.3) is 0 Å². The van der Waals surface area contributed by atoms with E-state index in [1.54, 1.807) is 16.4 Å². The first-order chi connectivity index (χ1) is 12.0. The summed E-state index contributed by atoms with van der Waals surface area (Å²) in [7, 11) is -3.43. The van der Waals surface area contributed by atoms with Gasteiger partial charge in [-0.1, -0.05) is 12.1 Å². The van der Waals surface area contributed by atoms with Crippen LogP contribution in [0.15, 0.2) is 35.7 Å². The highest BCUT2D eigenvalue weighted by atomic mass is 32.2. The van der Waals surface area contributed by atoms with Crippen molar-refractivity contribution in [3.63, 3.8) is 0 Å². The molecule has 1 saturated heterocycles. The molecule has 0 atom stereocenters. The summed E-state index contributed by atoms with van der Waals surface area (Å²) in [6.07, 6.45) is 6.13. The van der Waals surface area contributed by atoms with Crippen LogP contribution in [0.1, 0.15) is 24.0 Å². The lowest BCUT2D eigenvalue weighted by atomic mass is 9.92. The fourth-order valence-electron chi connectivity index (χ4n) is 3.42. The molecule has 7 heteroatoms. The van der Waals surface area contributed by atoms with Crippen molar-refractivity contribution in [3.8, 4) is 0 Å². The second-order valence-electron chi connectivity index (χ2n) is 6.50. The third-order valence-electron chi connectivity index (χ3n) is 4.88. The molecular weight excluding hydrogens is 354 g/mol. The standard InChI is InChI=1S/C18H25N3O2S2/c1-2-9-19-18(24)20-10-12-21(13-11-20)25(22,23)17-8-7-15-5-3-4-6-16(15)14-17/h2,7-8,14H,1,3-6,9-13H2,(H,19,24). The van der Waals surface area contributed by atoms with E-state index in [2.05, 4.69) is 11.9 Å². The summed E-state index contributed by atoms with van der Waals surface area (Å²) in [5.41, 5.74) is 2.49. The molecule has 0 unspecified atom stereocenters. The van der Waals surface area contributed by atoms with Crippen LogP contribution in [-0.2, 0) is 22.9 Å². The molecule has 0 saturated carbocycles. The maximum atomic E-state index is 13.0. The number of nitrogens with zero attached hydrogens (tertiary/aromatic N) is 2. The van der Waals surface area contributed by atoms with E-state index in [-0.39, 0.29) is 0 Å². The van der Waals surface area contributed by atoms with Crippen LogP contribution in [0, 0.1) is 0 Å². The fourth-order valence-corrected chi connectivity index (χ4v) is 5.16. The summed E-state index contributed by atoms with van der Waals surface area (Å²) < 4.78 is 27.5. The number of sulfonamides is 1. The summed E-state index contributed by atoms with van der Waals surface area (Å²) in [6, 6.07) is 5.64. The van der Waals surface area contributed by atoms with E-state index < -0.39 is 10.0 Å².